The van der Waals surface area contributed by atoms with Gasteiger partial charge in [0.05, 0.1) is 12.0 Å². The highest BCUT2D eigenvalue weighted by molar-refractivity contribution is 7.96. The predicted octanol–water partition coefficient (Wildman–Crippen LogP) is 2.41. The van der Waals surface area contributed by atoms with E-state index in [2.05, 4.69) is 9.37 Å². The molecule has 0 spiro atoms. The number of carbonyl (C=O) groups is 2. The highest BCUT2D eigenvalue weighted by atomic mass is 32.2. The Morgan fingerprint density at radius 1 is 1.07 bits per heavy atom. The van der Waals surface area contributed by atoms with Crippen LogP contribution in [0.25, 0.3) is 0 Å². The summed E-state index contributed by atoms with van der Waals surface area (Å²) in [5.41, 5.74) is -1.50. The van der Waals surface area contributed by atoms with Gasteiger partial charge in [-0.15, -0.1) is 0 Å². The second kappa shape index (κ2) is 6.49. The molecule has 0 radical (unpaired) electrons. The summed E-state index contributed by atoms with van der Waals surface area (Å²) in [4.78, 5) is 24.2. The van der Waals surface area contributed by atoms with E-state index in [0.717, 1.165) is 0 Å². The number of hydrogen-bond donors (Lipinski definition) is 0. The lowest BCUT2D eigenvalue weighted by Gasteiger charge is -2.54. The lowest BCUT2D eigenvalue weighted by molar-refractivity contribution is -0.777. The molecule has 4 aliphatic carbocycles. The third-order valence-electron chi connectivity index (χ3n) is 5.45. The van der Waals surface area contributed by atoms with Crippen LogP contribution in [0.3, 0.4) is 0 Å². The van der Waals surface area contributed by atoms with E-state index in [0.29, 0.717) is 12.8 Å². The van der Waals surface area contributed by atoms with Gasteiger partial charge in [-0.1, -0.05) is 0 Å². The van der Waals surface area contributed by atoms with Gasteiger partial charge in [-0.25, -0.2) is 9.18 Å². The van der Waals surface area contributed by atoms with Gasteiger partial charge in [-0.3, -0.25) is 9.83 Å². The molecule has 0 N–H and O–H groups in total. The summed E-state index contributed by atoms with van der Waals surface area (Å²) in [6, 6.07) is 0. The maximum Gasteiger partial charge on any atom is 0.458 e. The van der Waals surface area contributed by atoms with Crippen LogP contribution in [0.15, 0.2) is 0 Å². The second-order valence-electron chi connectivity index (χ2n) is 7.21. The van der Waals surface area contributed by atoms with Crippen LogP contribution >= 0.6 is 12.0 Å². The molecule has 13 heteroatoms. The van der Waals surface area contributed by atoms with Gasteiger partial charge < -0.3 is 9.99 Å². The maximum atomic E-state index is 14.6. The molecule has 27 heavy (non-hydrogen) atoms. The number of hydrogen-bond acceptors (Lipinski definition) is 7. The largest absolute Gasteiger partial charge is 0.691 e. The van der Waals surface area contributed by atoms with E-state index in [1.165, 1.54) is 0 Å². The van der Waals surface area contributed by atoms with Crippen LogP contribution in [0, 0.1) is 17.8 Å². The molecule has 4 saturated carbocycles. The van der Waals surface area contributed by atoms with E-state index >= 15 is 0 Å². The molecule has 0 aromatic rings. The van der Waals surface area contributed by atoms with Gasteiger partial charge in [-0.05, 0) is 38.0 Å². The molecule has 3 unspecified atom stereocenters. The summed E-state index contributed by atoms with van der Waals surface area (Å²) in [7, 11) is 0. The van der Waals surface area contributed by atoms with Gasteiger partial charge in [0.15, 0.2) is 0 Å². The fraction of sp³-hybridized carbons (Fsp3) is 0.857. The topological polar surface area (TPSA) is 84.9 Å². The summed E-state index contributed by atoms with van der Waals surface area (Å²) >= 11 is -1.42. The van der Waals surface area contributed by atoms with Crippen molar-refractivity contribution in [2.75, 3.05) is 0 Å². The quantitative estimate of drug-likeness (QED) is 0.213. The van der Waals surface area contributed by atoms with Crippen LogP contribution in [0.4, 0.5) is 26.3 Å². The van der Waals surface area contributed by atoms with E-state index in [-0.39, 0.29) is 31.0 Å². The van der Waals surface area contributed by atoms with Crippen molar-refractivity contribution in [3.8, 4) is 0 Å². The van der Waals surface area contributed by atoms with Crippen LogP contribution in [0.1, 0.15) is 32.1 Å². The molecule has 0 aromatic carbocycles. The summed E-state index contributed by atoms with van der Waals surface area (Å²) in [6.45, 7) is 0. The van der Waals surface area contributed by atoms with Crippen LogP contribution in [0.5, 0.6) is 0 Å². The zero-order valence-electron chi connectivity index (χ0n) is 13.4. The van der Waals surface area contributed by atoms with Gasteiger partial charge in [-0.2, -0.15) is 26.3 Å². The third kappa shape index (κ3) is 3.21. The SMILES string of the molecule is O=C1C2CC3CC1CC(OC(=O)C(F)(SOO[O-])C(F)(F)C(F)(F)F)(C3)C2. The Balaban J connectivity index is 1.86. The Bertz CT molecular complexity index is 624. The molecule has 0 aromatic heterocycles. The first kappa shape index (κ1) is 20.7. The average molecular weight is 423 g/mol. The van der Waals surface area contributed by atoms with Crippen LogP contribution in [0.2, 0.25) is 0 Å². The molecule has 6 nitrogen and oxygen atoms in total. The first-order chi connectivity index (χ1) is 12.4. The second-order valence-corrected chi connectivity index (χ2v) is 8.07. The standard InChI is InChI=1S/C14H14F6O6S/c15-12(27-26-25-23,13(16,17)14(18,19)20)10(22)24-11-3-6-1-7(4-11)9(21)8(2-6)5-11/h6-8,23H,1-5H2/p-1. The van der Waals surface area contributed by atoms with Crippen molar-refractivity contribution in [1.82, 2.24) is 0 Å². The van der Waals surface area contributed by atoms with Crippen molar-refractivity contribution < 1.29 is 55.3 Å². The molecule has 0 aliphatic heterocycles. The summed E-state index contributed by atoms with van der Waals surface area (Å²) in [5, 5.41) is 7.31. The molecule has 0 heterocycles. The molecule has 4 aliphatic rings. The minimum Gasteiger partial charge on any atom is -0.691 e. The number of rotatable bonds is 6. The fourth-order valence-corrected chi connectivity index (χ4v) is 4.97. The summed E-state index contributed by atoms with van der Waals surface area (Å²) in [6.07, 6.45) is -5.46. The first-order valence-corrected chi connectivity index (χ1v) is 8.64. The molecular formula is C14H13F6O6S-. The number of ketones is 1. The molecule has 0 amide bonds. The number of esters is 1. The fourth-order valence-electron chi connectivity index (χ4n) is 4.52. The van der Waals surface area contributed by atoms with Gasteiger partial charge in [0.1, 0.15) is 11.4 Å². The maximum absolute atomic E-state index is 14.6. The Hall–Kier alpha value is -1.05. The molecule has 4 fully saturated rings. The summed E-state index contributed by atoms with van der Waals surface area (Å²) < 4.78 is 88.0. The van der Waals surface area contributed by atoms with Crippen LogP contribution in [-0.4, -0.2) is 34.5 Å². The van der Waals surface area contributed by atoms with Gasteiger partial charge in [0.25, 0.3) is 0 Å². The van der Waals surface area contributed by atoms with Crippen LogP contribution < -0.4 is 5.26 Å². The zero-order chi connectivity index (χ0) is 20.3. The molecule has 4 bridgehead atoms. The van der Waals surface area contributed by atoms with Crippen molar-refractivity contribution in [3.63, 3.8) is 0 Å². The van der Waals surface area contributed by atoms with Crippen molar-refractivity contribution in [2.45, 2.75) is 54.8 Å². The zero-order valence-corrected chi connectivity index (χ0v) is 14.2. The minimum absolute atomic E-state index is 0.0674. The molecule has 3 atom stereocenters. The number of carbonyl (C=O) groups excluding carboxylic acids is 2. The molecule has 0 saturated heterocycles. The van der Waals surface area contributed by atoms with E-state index in [1.54, 1.807) is 0 Å². The van der Waals surface area contributed by atoms with Crippen LogP contribution in [-0.2, 0) is 23.7 Å². The van der Waals surface area contributed by atoms with E-state index in [4.69, 9.17) is 4.74 Å². The van der Waals surface area contributed by atoms with Crippen molar-refractivity contribution >= 4 is 23.8 Å². The predicted molar refractivity (Wildman–Crippen MR) is 72.0 cm³/mol. The highest BCUT2D eigenvalue weighted by Crippen LogP contribution is 2.58. The smallest absolute Gasteiger partial charge is 0.458 e. The van der Waals surface area contributed by atoms with Crippen molar-refractivity contribution in [1.29, 1.82) is 0 Å². The van der Waals surface area contributed by atoms with E-state index in [9.17, 15) is 41.2 Å². The number of Topliss-reactive ketones (excluding diaryl/α,β-unsaturated/α-hetero) is 1. The Morgan fingerprint density at radius 2 is 1.63 bits per heavy atom. The number of halogens is 6. The highest BCUT2D eigenvalue weighted by Gasteiger charge is 2.78. The average Bonchev–Trinajstić information content (AvgIpc) is 2.55. The van der Waals surface area contributed by atoms with E-state index in [1.807, 2.05) is 0 Å². The minimum atomic E-state index is -6.47. The Morgan fingerprint density at radius 3 is 2.11 bits per heavy atom. The van der Waals surface area contributed by atoms with Crippen molar-refractivity contribution in [2.24, 2.45) is 17.8 Å². The lowest BCUT2D eigenvalue weighted by Crippen LogP contribution is -2.62. The molecule has 154 valence electrons. The Labute approximate surface area is 152 Å². The first-order valence-electron chi connectivity index (χ1n) is 7.90. The van der Waals surface area contributed by atoms with Crippen molar-refractivity contribution in [3.05, 3.63) is 0 Å². The molecule has 4 rings (SSSR count). The Kier molecular flexibility index (Phi) is 4.97. The van der Waals surface area contributed by atoms with Gasteiger partial charge in [0.2, 0.25) is 0 Å². The van der Waals surface area contributed by atoms with Gasteiger partial charge >= 0.3 is 23.1 Å². The number of ether oxygens (including phenoxy) is 1. The third-order valence-corrected chi connectivity index (χ3v) is 6.22. The van der Waals surface area contributed by atoms with E-state index < -0.39 is 52.5 Å². The normalized spacial score (nSPS) is 35.2. The lowest BCUT2D eigenvalue weighted by atomic mass is 9.53. The monoisotopic (exact) mass is 423 g/mol. The number of alkyl halides is 6. The summed E-state index contributed by atoms with van der Waals surface area (Å²) in [5.74, 6) is -9.93. The molecular weight excluding hydrogens is 410 g/mol. The van der Waals surface area contributed by atoms with Gasteiger partial charge in [0, 0.05) is 11.8 Å².